The summed E-state index contributed by atoms with van der Waals surface area (Å²) in [4.78, 5) is 0. The van der Waals surface area contributed by atoms with Crippen LogP contribution in [0.25, 0.3) is 0 Å². The summed E-state index contributed by atoms with van der Waals surface area (Å²) < 4.78 is 105. The maximum atomic E-state index is 13.0. The molecule has 0 saturated carbocycles. The smallest absolute Gasteiger partial charge is 0.389 e. The molecule has 0 bridgehead atoms. The first-order valence-electron chi connectivity index (χ1n) is 6.92. The van der Waals surface area contributed by atoms with Gasteiger partial charge in [0.15, 0.2) is 16.3 Å². The first-order chi connectivity index (χ1) is 9.88. The molecule has 0 fully saturated rings. The van der Waals surface area contributed by atoms with Gasteiger partial charge in [0.05, 0.1) is 0 Å². The molecule has 0 saturated heterocycles. The molecule has 22 heavy (non-hydrogen) atoms. The standard InChI is InChI=1S/C12H20F6O3S/c13-10(12(17,18)22(19,20)21)8-6-4-2-1-3-5-7-9-11(14,15)16/h10H,1-9H2,(H,19,20,21)/p-1. The number of hydrogen-bond acceptors (Lipinski definition) is 3. The third-order valence-corrected chi connectivity index (χ3v) is 4.04. The van der Waals surface area contributed by atoms with Crippen molar-refractivity contribution in [2.75, 3.05) is 0 Å². The van der Waals surface area contributed by atoms with E-state index in [0.717, 1.165) is 0 Å². The van der Waals surface area contributed by atoms with E-state index in [1.807, 2.05) is 0 Å². The fourth-order valence-electron chi connectivity index (χ4n) is 1.86. The van der Waals surface area contributed by atoms with E-state index in [2.05, 4.69) is 0 Å². The zero-order valence-electron chi connectivity index (χ0n) is 11.8. The summed E-state index contributed by atoms with van der Waals surface area (Å²) in [6.07, 6.45) is -6.37. The van der Waals surface area contributed by atoms with Crippen molar-refractivity contribution in [2.45, 2.75) is 75.4 Å². The van der Waals surface area contributed by atoms with E-state index in [-0.39, 0.29) is 12.8 Å². The van der Waals surface area contributed by atoms with Crippen molar-refractivity contribution in [2.24, 2.45) is 0 Å². The number of unbranched alkanes of at least 4 members (excludes halogenated alkanes) is 6. The molecule has 0 aliphatic heterocycles. The highest BCUT2D eigenvalue weighted by atomic mass is 32.2. The summed E-state index contributed by atoms with van der Waals surface area (Å²) in [6, 6.07) is 0. The van der Waals surface area contributed by atoms with Crippen molar-refractivity contribution in [3.8, 4) is 0 Å². The average Bonchev–Trinajstić information content (AvgIpc) is 2.33. The van der Waals surface area contributed by atoms with Crippen LogP contribution >= 0.6 is 0 Å². The first kappa shape index (κ1) is 21.5. The molecule has 0 aliphatic carbocycles. The van der Waals surface area contributed by atoms with Gasteiger partial charge in [-0.25, -0.2) is 12.8 Å². The van der Waals surface area contributed by atoms with Gasteiger partial charge in [0.1, 0.15) is 0 Å². The van der Waals surface area contributed by atoms with Crippen LogP contribution in [-0.4, -0.2) is 30.6 Å². The van der Waals surface area contributed by atoms with Gasteiger partial charge in [-0.15, -0.1) is 0 Å². The van der Waals surface area contributed by atoms with E-state index < -0.39 is 40.6 Å². The van der Waals surface area contributed by atoms with Crippen LogP contribution in [0.5, 0.6) is 0 Å². The van der Waals surface area contributed by atoms with Gasteiger partial charge in [-0.05, 0) is 12.8 Å². The van der Waals surface area contributed by atoms with Crippen molar-refractivity contribution in [1.29, 1.82) is 0 Å². The van der Waals surface area contributed by atoms with E-state index in [1.54, 1.807) is 0 Å². The van der Waals surface area contributed by atoms with Crippen molar-refractivity contribution >= 4 is 10.1 Å². The third kappa shape index (κ3) is 8.82. The SMILES string of the molecule is O=S(=O)([O-])C(F)(F)C(F)CCCCCCCCCC(F)(F)F. The van der Waals surface area contributed by atoms with E-state index >= 15 is 0 Å². The van der Waals surface area contributed by atoms with Gasteiger partial charge in [0.2, 0.25) is 0 Å². The van der Waals surface area contributed by atoms with Gasteiger partial charge in [0, 0.05) is 6.42 Å². The minimum atomic E-state index is -6.02. The van der Waals surface area contributed by atoms with Gasteiger partial charge < -0.3 is 4.55 Å². The lowest BCUT2D eigenvalue weighted by Crippen LogP contribution is -2.38. The van der Waals surface area contributed by atoms with Crippen LogP contribution in [0.4, 0.5) is 26.3 Å². The molecule has 134 valence electrons. The quantitative estimate of drug-likeness (QED) is 0.310. The molecule has 0 radical (unpaired) electrons. The molecule has 10 heteroatoms. The van der Waals surface area contributed by atoms with Gasteiger partial charge in [-0.1, -0.05) is 38.5 Å². The molecule has 1 unspecified atom stereocenters. The number of halogens is 6. The largest absolute Gasteiger partial charge is 0.743 e. The van der Waals surface area contributed by atoms with Gasteiger partial charge >= 0.3 is 11.4 Å². The van der Waals surface area contributed by atoms with Crippen molar-refractivity contribution in [3.63, 3.8) is 0 Å². The fraction of sp³-hybridized carbons (Fsp3) is 1.00. The Morgan fingerprint density at radius 2 is 1.23 bits per heavy atom. The second-order valence-corrected chi connectivity index (χ2v) is 6.56. The van der Waals surface area contributed by atoms with Crippen LogP contribution in [0.15, 0.2) is 0 Å². The van der Waals surface area contributed by atoms with Gasteiger partial charge in [-0.3, -0.25) is 0 Å². The molecule has 0 rings (SSSR count). The lowest BCUT2D eigenvalue weighted by Gasteiger charge is -2.23. The maximum Gasteiger partial charge on any atom is 0.389 e. The van der Waals surface area contributed by atoms with E-state index in [0.29, 0.717) is 32.1 Å². The Morgan fingerprint density at radius 1 is 0.818 bits per heavy atom. The molecule has 0 amide bonds. The summed E-state index contributed by atoms with van der Waals surface area (Å²) in [5.41, 5.74) is 0. The first-order valence-corrected chi connectivity index (χ1v) is 8.33. The molecule has 0 heterocycles. The summed E-state index contributed by atoms with van der Waals surface area (Å²) in [5.74, 6) is 0. The molecule has 0 aromatic carbocycles. The Labute approximate surface area is 125 Å². The number of alkyl halides is 6. The summed E-state index contributed by atoms with van der Waals surface area (Å²) in [7, 11) is -6.02. The Hall–Kier alpha value is -0.510. The predicted octanol–water partition coefficient (Wildman–Crippen LogP) is 4.54. The molecule has 0 spiro atoms. The van der Waals surface area contributed by atoms with Crippen LogP contribution in [0.1, 0.15) is 57.8 Å². The highest BCUT2D eigenvalue weighted by Gasteiger charge is 2.46. The average molecular weight is 357 g/mol. The van der Waals surface area contributed by atoms with E-state index in [4.69, 9.17) is 0 Å². The lowest BCUT2D eigenvalue weighted by molar-refractivity contribution is -0.135. The lowest BCUT2D eigenvalue weighted by atomic mass is 10.1. The number of rotatable bonds is 11. The second-order valence-electron chi connectivity index (χ2n) is 5.11. The molecule has 1 atom stereocenters. The van der Waals surface area contributed by atoms with E-state index in [1.165, 1.54) is 0 Å². The summed E-state index contributed by atoms with van der Waals surface area (Å²) in [6.45, 7) is 0. The van der Waals surface area contributed by atoms with Crippen molar-refractivity contribution < 1.29 is 39.3 Å². The maximum absolute atomic E-state index is 13.0. The van der Waals surface area contributed by atoms with Crippen LogP contribution in [-0.2, 0) is 10.1 Å². The topological polar surface area (TPSA) is 57.2 Å². The molecule has 0 N–H and O–H groups in total. The molecule has 3 nitrogen and oxygen atoms in total. The zero-order chi connectivity index (χ0) is 17.4. The third-order valence-electron chi connectivity index (χ3n) is 3.12. The van der Waals surface area contributed by atoms with E-state index in [9.17, 15) is 39.3 Å². The summed E-state index contributed by atoms with van der Waals surface area (Å²) in [5, 5.41) is -4.93. The van der Waals surface area contributed by atoms with Crippen LogP contribution < -0.4 is 0 Å². The molecule has 0 aromatic heterocycles. The predicted molar refractivity (Wildman–Crippen MR) is 67.1 cm³/mol. The Balaban J connectivity index is 3.66. The van der Waals surface area contributed by atoms with Gasteiger partial charge in [0.25, 0.3) is 0 Å². The highest BCUT2D eigenvalue weighted by molar-refractivity contribution is 7.86. The van der Waals surface area contributed by atoms with Crippen LogP contribution in [0.3, 0.4) is 0 Å². The van der Waals surface area contributed by atoms with Crippen molar-refractivity contribution in [1.82, 2.24) is 0 Å². The summed E-state index contributed by atoms with van der Waals surface area (Å²) >= 11 is 0. The molecule has 0 aliphatic rings. The van der Waals surface area contributed by atoms with Crippen molar-refractivity contribution in [3.05, 3.63) is 0 Å². The zero-order valence-corrected chi connectivity index (χ0v) is 12.7. The molecular weight excluding hydrogens is 338 g/mol. The van der Waals surface area contributed by atoms with Crippen LogP contribution in [0, 0.1) is 0 Å². The Morgan fingerprint density at radius 3 is 1.64 bits per heavy atom. The fourth-order valence-corrected chi connectivity index (χ4v) is 2.29. The normalized spacial score (nSPS) is 15.0. The number of hydrogen-bond donors (Lipinski definition) is 0. The highest BCUT2D eigenvalue weighted by Crippen LogP contribution is 2.30. The minimum Gasteiger partial charge on any atom is -0.743 e. The van der Waals surface area contributed by atoms with Crippen LogP contribution in [0.2, 0.25) is 0 Å². The van der Waals surface area contributed by atoms with Gasteiger partial charge in [-0.2, -0.15) is 22.0 Å². The second kappa shape index (κ2) is 8.95. The Bertz CT molecular complexity index is 408. The molecule has 0 aromatic rings. The monoisotopic (exact) mass is 357 g/mol. The Kier molecular flexibility index (Phi) is 8.74. The molecular formula is C12H19F6O3S-. The minimum absolute atomic E-state index is 0.0190.